The van der Waals surface area contributed by atoms with E-state index < -0.39 is 0 Å². The van der Waals surface area contributed by atoms with Crippen LogP contribution in [0.3, 0.4) is 0 Å². The number of nitrogens with one attached hydrogen (secondary N) is 1. The number of carbonyl (C=O) groups is 1. The van der Waals surface area contributed by atoms with Gasteiger partial charge in [0.05, 0.1) is 13.0 Å². The summed E-state index contributed by atoms with van der Waals surface area (Å²) in [4.78, 5) is 12.4. The molecule has 0 atom stereocenters. The Bertz CT molecular complexity index is 929. The highest BCUT2D eigenvalue weighted by Crippen LogP contribution is 2.23. The maximum absolute atomic E-state index is 12.4. The lowest BCUT2D eigenvalue weighted by Gasteiger charge is -2.08. The second-order valence-corrected chi connectivity index (χ2v) is 7.22. The molecule has 0 fully saturated rings. The summed E-state index contributed by atoms with van der Waals surface area (Å²) in [5.41, 5.74) is 4.41. The van der Waals surface area contributed by atoms with E-state index in [1.54, 1.807) is 0 Å². The van der Waals surface area contributed by atoms with E-state index in [9.17, 15) is 4.79 Å². The Kier molecular flexibility index (Phi) is 6.69. The summed E-state index contributed by atoms with van der Waals surface area (Å²) in [6.45, 7) is 6.99. The summed E-state index contributed by atoms with van der Waals surface area (Å²) in [6, 6.07) is 11.5. The molecule has 2 aromatic carbocycles. The summed E-state index contributed by atoms with van der Waals surface area (Å²) >= 11 is 0. The number of unbranched alkanes of at least 4 members (excludes halogenated alkanes) is 3. The van der Waals surface area contributed by atoms with Crippen LogP contribution < -0.4 is 10.1 Å². The standard InChI is InChI=1S/C23H28N2O3/c1-4-5-6-7-12-27-19-10-8-18(9-11-19)24-23(26)15-21-20-13-16(2)17(3)14-22(20)28-25-21/h8-11,13-14H,4-7,12,15H2,1-3H3,(H,24,26). The van der Waals surface area contributed by atoms with Crippen molar-refractivity contribution in [2.24, 2.45) is 0 Å². The number of hydrogen-bond donors (Lipinski definition) is 1. The van der Waals surface area contributed by atoms with Crippen molar-refractivity contribution in [1.29, 1.82) is 0 Å². The van der Waals surface area contributed by atoms with E-state index in [1.165, 1.54) is 19.3 Å². The number of ether oxygens (including phenoxy) is 1. The first kappa shape index (κ1) is 19.9. The van der Waals surface area contributed by atoms with Crippen molar-refractivity contribution in [2.45, 2.75) is 52.9 Å². The highest BCUT2D eigenvalue weighted by atomic mass is 16.5. The molecule has 148 valence electrons. The first-order valence-corrected chi connectivity index (χ1v) is 9.95. The Hall–Kier alpha value is -2.82. The molecule has 5 heteroatoms. The van der Waals surface area contributed by atoms with E-state index in [1.807, 2.05) is 50.2 Å². The van der Waals surface area contributed by atoms with Crippen LogP contribution in [0, 0.1) is 13.8 Å². The molecule has 0 saturated heterocycles. The van der Waals surface area contributed by atoms with Gasteiger partial charge in [-0.1, -0.05) is 31.3 Å². The number of fused-ring (bicyclic) bond motifs is 1. The fourth-order valence-corrected chi connectivity index (χ4v) is 3.08. The lowest BCUT2D eigenvalue weighted by molar-refractivity contribution is -0.115. The topological polar surface area (TPSA) is 64.4 Å². The third kappa shape index (κ3) is 5.12. The largest absolute Gasteiger partial charge is 0.494 e. The van der Waals surface area contributed by atoms with Gasteiger partial charge in [0.1, 0.15) is 11.4 Å². The summed E-state index contributed by atoms with van der Waals surface area (Å²) in [5.74, 6) is 0.699. The Morgan fingerprint density at radius 2 is 1.82 bits per heavy atom. The molecule has 1 heterocycles. The van der Waals surface area contributed by atoms with Crippen molar-refractivity contribution < 1.29 is 14.1 Å². The number of carbonyl (C=O) groups excluding carboxylic acids is 1. The van der Waals surface area contributed by atoms with Crippen LogP contribution in [-0.2, 0) is 11.2 Å². The first-order chi connectivity index (χ1) is 13.6. The predicted molar refractivity (Wildman–Crippen MR) is 112 cm³/mol. The lowest BCUT2D eigenvalue weighted by Crippen LogP contribution is -2.14. The third-order valence-corrected chi connectivity index (χ3v) is 4.89. The van der Waals surface area contributed by atoms with Gasteiger partial charge in [-0.05, 0) is 67.8 Å². The maximum atomic E-state index is 12.4. The van der Waals surface area contributed by atoms with E-state index >= 15 is 0 Å². The van der Waals surface area contributed by atoms with Crippen LogP contribution in [0.25, 0.3) is 11.0 Å². The van der Waals surface area contributed by atoms with Crippen LogP contribution in [0.2, 0.25) is 0 Å². The number of hydrogen-bond acceptors (Lipinski definition) is 4. The van der Waals surface area contributed by atoms with Gasteiger partial charge in [0, 0.05) is 11.1 Å². The fraction of sp³-hybridized carbons (Fsp3) is 0.391. The number of nitrogens with zero attached hydrogens (tertiary/aromatic N) is 1. The minimum absolute atomic E-state index is 0.123. The number of benzene rings is 2. The number of aromatic nitrogens is 1. The molecule has 3 rings (SSSR count). The van der Waals surface area contributed by atoms with Gasteiger partial charge in [0.25, 0.3) is 0 Å². The van der Waals surface area contributed by atoms with Crippen molar-refractivity contribution in [3.8, 4) is 5.75 Å². The SMILES string of the molecule is CCCCCCOc1ccc(NC(=O)Cc2noc3cc(C)c(C)cc23)cc1. The molecule has 0 spiro atoms. The molecule has 0 bridgehead atoms. The fourth-order valence-electron chi connectivity index (χ4n) is 3.08. The summed E-state index contributed by atoms with van der Waals surface area (Å²) in [6.07, 6.45) is 4.90. The summed E-state index contributed by atoms with van der Waals surface area (Å²) < 4.78 is 11.1. The number of aryl methyl sites for hydroxylation is 2. The minimum Gasteiger partial charge on any atom is -0.494 e. The molecule has 1 N–H and O–H groups in total. The molecule has 0 radical (unpaired) electrons. The Balaban J connectivity index is 1.54. The van der Waals surface area contributed by atoms with Crippen molar-refractivity contribution >= 4 is 22.6 Å². The van der Waals surface area contributed by atoms with Crippen LogP contribution in [0.15, 0.2) is 40.9 Å². The quantitative estimate of drug-likeness (QED) is 0.492. The van der Waals surface area contributed by atoms with Crippen LogP contribution in [0.4, 0.5) is 5.69 Å². The monoisotopic (exact) mass is 380 g/mol. The molecule has 0 aliphatic rings. The molecule has 0 aliphatic carbocycles. The molecule has 1 aromatic heterocycles. The molecular weight excluding hydrogens is 352 g/mol. The molecular formula is C23H28N2O3. The van der Waals surface area contributed by atoms with Crippen LogP contribution in [-0.4, -0.2) is 17.7 Å². The molecule has 0 saturated carbocycles. The second-order valence-electron chi connectivity index (χ2n) is 7.22. The van der Waals surface area contributed by atoms with Gasteiger partial charge in [-0.2, -0.15) is 0 Å². The molecule has 0 aliphatic heterocycles. The van der Waals surface area contributed by atoms with Gasteiger partial charge in [-0.25, -0.2) is 0 Å². The molecule has 28 heavy (non-hydrogen) atoms. The van der Waals surface area contributed by atoms with Gasteiger partial charge in [0.15, 0.2) is 5.58 Å². The first-order valence-electron chi connectivity index (χ1n) is 9.95. The normalized spacial score (nSPS) is 11.0. The van der Waals surface area contributed by atoms with Crippen molar-refractivity contribution in [3.05, 3.63) is 53.2 Å². The minimum atomic E-state index is -0.123. The Labute approximate surface area is 166 Å². The van der Waals surface area contributed by atoms with E-state index in [0.717, 1.165) is 41.0 Å². The average Bonchev–Trinajstić information content (AvgIpc) is 3.04. The zero-order valence-corrected chi connectivity index (χ0v) is 16.9. The molecule has 3 aromatic rings. The number of anilines is 1. The summed E-state index contributed by atoms with van der Waals surface area (Å²) in [7, 11) is 0. The second kappa shape index (κ2) is 9.40. The van der Waals surface area contributed by atoms with Crippen molar-refractivity contribution in [3.63, 3.8) is 0 Å². The molecule has 5 nitrogen and oxygen atoms in total. The maximum Gasteiger partial charge on any atom is 0.230 e. The zero-order chi connectivity index (χ0) is 19.9. The van der Waals surface area contributed by atoms with Gasteiger partial charge in [0.2, 0.25) is 5.91 Å². The van der Waals surface area contributed by atoms with E-state index in [2.05, 4.69) is 17.4 Å². The van der Waals surface area contributed by atoms with Crippen molar-refractivity contribution in [1.82, 2.24) is 5.16 Å². The number of rotatable bonds is 9. The van der Waals surface area contributed by atoms with E-state index in [0.29, 0.717) is 11.3 Å². The Morgan fingerprint density at radius 3 is 2.57 bits per heavy atom. The van der Waals surface area contributed by atoms with Crippen LogP contribution >= 0.6 is 0 Å². The van der Waals surface area contributed by atoms with Gasteiger partial charge in [-0.3, -0.25) is 4.79 Å². The third-order valence-electron chi connectivity index (χ3n) is 4.89. The lowest BCUT2D eigenvalue weighted by atomic mass is 10.1. The van der Waals surface area contributed by atoms with E-state index in [4.69, 9.17) is 9.26 Å². The average molecular weight is 380 g/mol. The van der Waals surface area contributed by atoms with Crippen LogP contribution in [0.1, 0.15) is 49.4 Å². The smallest absolute Gasteiger partial charge is 0.230 e. The highest BCUT2D eigenvalue weighted by Gasteiger charge is 2.14. The zero-order valence-electron chi connectivity index (χ0n) is 16.9. The van der Waals surface area contributed by atoms with Crippen molar-refractivity contribution in [2.75, 3.05) is 11.9 Å². The van der Waals surface area contributed by atoms with Crippen LogP contribution in [0.5, 0.6) is 5.75 Å². The Morgan fingerprint density at radius 1 is 1.07 bits per heavy atom. The van der Waals surface area contributed by atoms with Gasteiger partial charge < -0.3 is 14.6 Å². The van der Waals surface area contributed by atoms with Gasteiger partial charge >= 0.3 is 0 Å². The molecule has 0 unspecified atom stereocenters. The van der Waals surface area contributed by atoms with Gasteiger partial charge in [-0.15, -0.1) is 0 Å². The summed E-state index contributed by atoms with van der Waals surface area (Å²) in [5, 5.41) is 7.87. The predicted octanol–water partition coefficient (Wildman–Crippen LogP) is 5.58. The highest BCUT2D eigenvalue weighted by molar-refractivity contribution is 5.94. The van der Waals surface area contributed by atoms with E-state index in [-0.39, 0.29) is 12.3 Å². The number of amides is 1. The molecule has 1 amide bonds.